The van der Waals surface area contributed by atoms with E-state index in [1.54, 1.807) is 6.92 Å². The van der Waals surface area contributed by atoms with Crippen LogP contribution in [0.15, 0.2) is 17.0 Å². The summed E-state index contributed by atoms with van der Waals surface area (Å²) in [6.07, 6.45) is 1.42. The molecule has 9 heteroatoms. The topological polar surface area (TPSA) is 107 Å². The molecule has 1 unspecified atom stereocenters. The molecule has 0 bridgehead atoms. The lowest BCUT2D eigenvalue weighted by Crippen LogP contribution is -2.45. The van der Waals surface area contributed by atoms with Crippen molar-refractivity contribution < 1.29 is 13.3 Å². The van der Waals surface area contributed by atoms with Crippen molar-refractivity contribution in [3.8, 4) is 0 Å². The Bertz CT molecular complexity index is 677. The van der Waals surface area contributed by atoms with Gasteiger partial charge in [0.25, 0.3) is 5.69 Å². The van der Waals surface area contributed by atoms with Crippen LogP contribution in [0.25, 0.3) is 0 Å². The summed E-state index contributed by atoms with van der Waals surface area (Å²) in [4.78, 5) is 10.1. The lowest BCUT2D eigenvalue weighted by Gasteiger charge is -2.30. The second-order valence-corrected chi connectivity index (χ2v) is 7.40. The summed E-state index contributed by atoms with van der Waals surface area (Å²) in [6.45, 7) is 2.12. The standard InChI is InChI=1S/C12H16ClN3O4S/c1-8-5-10(16(17)18)12(13)11(6-8)21(19,20)15-4-2-3-9(14)7-15/h5-6,9H,2-4,7,14H2,1H3. The van der Waals surface area contributed by atoms with Gasteiger partial charge >= 0.3 is 0 Å². The molecular weight excluding hydrogens is 318 g/mol. The fourth-order valence-corrected chi connectivity index (χ4v) is 4.54. The van der Waals surface area contributed by atoms with Crippen molar-refractivity contribution in [2.75, 3.05) is 13.1 Å². The number of rotatable bonds is 3. The molecular formula is C12H16ClN3O4S. The number of hydrogen-bond acceptors (Lipinski definition) is 5. The van der Waals surface area contributed by atoms with Crippen LogP contribution < -0.4 is 5.73 Å². The first-order chi connectivity index (χ1) is 9.73. The van der Waals surface area contributed by atoms with Gasteiger partial charge in [0.15, 0.2) is 0 Å². The van der Waals surface area contributed by atoms with Crippen LogP contribution in [0.4, 0.5) is 5.69 Å². The molecule has 2 N–H and O–H groups in total. The zero-order chi connectivity index (χ0) is 15.8. The molecule has 1 saturated heterocycles. The highest BCUT2D eigenvalue weighted by Crippen LogP contribution is 2.34. The maximum atomic E-state index is 12.6. The lowest BCUT2D eigenvalue weighted by atomic mass is 10.1. The van der Waals surface area contributed by atoms with Crippen LogP contribution in [0.5, 0.6) is 0 Å². The van der Waals surface area contributed by atoms with Crippen molar-refractivity contribution in [1.29, 1.82) is 0 Å². The van der Waals surface area contributed by atoms with Crippen LogP contribution in [-0.4, -0.2) is 36.8 Å². The van der Waals surface area contributed by atoms with Gasteiger partial charge in [-0.15, -0.1) is 0 Å². The van der Waals surface area contributed by atoms with E-state index >= 15 is 0 Å². The van der Waals surface area contributed by atoms with E-state index in [9.17, 15) is 18.5 Å². The van der Waals surface area contributed by atoms with Crippen molar-refractivity contribution in [3.05, 3.63) is 32.8 Å². The molecule has 2 rings (SSSR count). The fraction of sp³-hybridized carbons (Fsp3) is 0.500. The van der Waals surface area contributed by atoms with Crippen molar-refractivity contribution >= 4 is 27.3 Å². The predicted molar refractivity (Wildman–Crippen MR) is 78.8 cm³/mol. The van der Waals surface area contributed by atoms with Gasteiger partial charge in [0.1, 0.15) is 9.92 Å². The third-order valence-corrected chi connectivity index (χ3v) is 5.80. The average molecular weight is 334 g/mol. The minimum absolute atomic E-state index is 0.195. The number of benzene rings is 1. The van der Waals surface area contributed by atoms with E-state index < -0.39 is 20.6 Å². The van der Waals surface area contributed by atoms with E-state index in [2.05, 4.69) is 0 Å². The number of aryl methyl sites for hydroxylation is 1. The highest BCUT2D eigenvalue weighted by atomic mass is 35.5. The van der Waals surface area contributed by atoms with E-state index in [1.807, 2.05) is 0 Å². The number of nitro benzene ring substituents is 1. The van der Waals surface area contributed by atoms with Crippen LogP contribution in [-0.2, 0) is 10.0 Å². The minimum atomic E-state index is -3.89. The molecule has 0 radical (unpaired) electrons. The molecule has 0 spiro atoms. The summed E-state index contributed by atoms with van der Waals surface area (Å²) in [7, 11) is -3.89. The second kappa shape index (κ2) is 5.88. The summed E-state index contributed by atoms with van der Waals surface area (Å²) < 4.78 is 26.5. The molecule has 1 atom stereocenters. The SMILES string of the molecule is Cc1cc([N+](=O)[O-])c(Cl)c(S(=O)(=O)N2CCCC(N)C2)c1. The normalized spacial score (nSPS) is 20.4. The number of piperidine rings is 1. The molecule has 1 aliphatic rings. The number of halogens is 1. The van der Waals surface area contributed by atoms with Gasteiger partial charge in [0.05, 0.1) is 4.92 Å². The van der Waals surface area contributed by atoms with E-state index in [0.717, 1.165) is 6.42 Å². The Morgan fingerprint density at radius 1 is 1.48 bits per heavy atom. The van der Waals surface area contributed by atoms with Crippen molar-refractivity contribution in [3.63, 3.8) is 0 Å². The molecule has 1 aromatic carbocycles. The molecule has 0 aromatic heterocycles. The summed E-state index contributed by atoms with van der Waals surface area (Å²) in [5.41, 5.74) is 5.86. The van der Waals surface area contributed by atoms with Crippen molar-refractivity contribution in [2.24, 2.45) is 5.73 Å². The van der Waals surface area contributed by atoms with Gasteiger partial charge in [-0.25, -0.2) is 8.42 Å². The van der Waals surface area contributed by atoms with E-state index in [4.69, 9.17) is 17.3 Å². The molecule has 21 heavy (non-hydrogen) atoms. The van der Waals surface area contributed by atoms with Crippen LogP contribution in [0.3, 0.4) is 0 Å². The highest BCUT2D eigenvalue weighted by Gasteiger charge is 2.33. The zero-order valence-electron chi connectivity index (χ0n) is 11.5. The number of nitro groups is 1. The van der Waals surface area contributed by atoms with E-state index in [1.165, 1.54) is 16.4 Å². The molecule has 1 heterocycles. The first-order valence-electron chi connectivity index (χ1n) is 6.43. The molecule has 1 aromatic rings. The predicted octanol–water partition coefficient (Wildman–Crippen LogP) is 1.67. The fourth-order valence-electron chi connectivity index (χ4n) is 2.37. The van der Waals surface area contributed by atoms with E-state index in [0.29, 0.717) is 18.5 Å². The van der Waals surface area contributed by atoms with Crippen molar-refractivity contribution in [1.82, 2.24) is 4.31 Å². The maximum absolute atomic E-state index is 12.6. The zero-order valence-corrected chi connectivity index (χ0v) is 13.0. The van der Waals surface area contributed by atoms with Gasteiger partial charge in [-0.1, -0.05) is 11.6 Å². The number of nitrogens with two attached hydrogens (primary N) is 1. The van der Waals surface area contributed by atoms with Gasteiger partial charge in [-0.05, 0) is 31.4 Å². The summed E-state index contributed by atoms with van der Waals surface area (Å²) in [5.74, 6) is 0. The lowest BCUT2D eigenvalue weighted by molar-refractivity contribution is -0.385. The Kier molecular flexibility index (Phi) is 4.52. The van der Waals surface area contributed by atoms with Gasteiger partial charge < -0.3 is 5.73 Å². The Labute approximate surface area is 127 Å². The second-order valence-electron chi connectivity index (χ2n) is 5.12. The molecule has 1 aliphatic heterocycles. The Morgan fingerprint density at radius 2 is 2.14 bits per heavy atom. The van der Waals surface area contributed by atoms with Gasteiger partial charge in [0.2, 0.25) is 10.0 Å². The molecule has 7 nitrogen and oxygen atoms in total. The highest BCUT2D eigenvalue weighted by molar-refractivity contribution is 7.89. The molecule has 0 amide bonds. The van der Waals surface area contributed by atoms with Crippen LogP contribution >= 0.6 is 11.6 Å². The molecule has 0 aliphatic carbocycles. The number of hydrogen-bond donors (Lipinski definition) is 1. The number of nitrogens with zero attached hydrogens (tertiary/aromatic N) is 2. The first-order valence-corrected chi connectivity index (χ1v) is 8.25. The third kappa shape index (κ3) is 3.18. The van der Waals surface area contributed by atoms with Gasteiger partial charge in [0, 0.05) is 25.2 Å². The van der Waals surface area contributed by atoms with Crippen LogP contribution in [0.1, 0.15) is 18.4 Å². The minimum Gasteiger partial charge on any atom is -0.327 e. The summed E-state index contributed by atoms with van der Waals surface area (Å²) in [5, 5.41) is 10.6. The maximum Gasteiger partial charge on any atom is 0.289 e. The van der Waals surface area contributed by atoms with E-state index in [-0.39, 0.29) is 22.5 Å². The van der Waals surface area contributed by atoms with Gasteiger partial charge in [-0.3, -0.25) is 10.1 Å². The monoisotopic (exact) mass is 333 g/mol. The average Bonchev–Trinajstić information content (AvgIpc) is 2.40. The van der Waals surface area contributed by atoms with Crippen molar-refractivity contribution in [2.45, 2.75) is 30.7 Å². The Balaban J connectivity index is 2.52. The summed E-state index contributed by atoms with van der Waals surface area (Å²) >= 11 is 5.94. The molecule has 116 valence electrons. The number of sulfonamides is 1. The smallest absolute Gasteiger partial charge is 0.289 e. The first kappa shape index (κ1) is 16.2. The van der Waals surface area contributed by atoms with Crippen LogP contribution in [0, 0.1) is 17.0 Å². The Morgan fingerprint density at radius 3 is 2.71 bits per heavy atom. The quantitative estimate of drug-likeness (QED) is 0.668. The van der Waals surface area contributed by atoms with Crippen LogP contribution in [0.2, 0.25) is 5.02 Å². The van der Waals surface area contributed by atoms with Gasteiger partial charge in [-0.2, -0.15) is 4.31 Å². The molecule has 0 saturated carbocycles. The summed E-state index contributed by atoms with van der Waals surface area (Å²) in [6, 6.07) is 2.38. The Hall–Kier alpha value is -1.22. The third-order valence-electron chi connectivity index (χ3n) is 3.40. The largest absolute Gasteiger partial charge is 0.327 e. The molecule has 1 fully saturated rings.